The van der Waals surface area contributed by atoms with E-state index in [9.17, 15) is 4.39 Å². The van der Waals surface area contributed by atoms with Crippen molar-refractivity contribution in [2.75, 3.05) is 0 Å². The van der Waals surface area contributed by atoms with Crippen molar-refractivity contribution in [3.8, 4) is 0 Å². The molecule has 1 unspecified atom stereocenters. The number of halogens is 1. The molecule has 0 heterocycles. The highest BCUT2D eigenvalue weighted by atomic mass is 19.1. The Morgan fingerprint density at radius 1 is 1.15 bits per heavy atom. The molecule has 0 aliphatic heterocycles. The van der Waals surface area contributed by atoms with E-state index >= 15 is 0 Å². The van der Waals surface area contributed by atoms with E-state index in [1.54, 1.807) is 19.1 Å². The van der Waals surface area contributed by atoms with Crippen molar-refractivity contribution in [3.63, 3.8) is 0 Å². The average Bonchev–Trinajstić information content (AvgIpc) is 3.00. The van der Waals surface area contributed by atoms with Crippen LogP contribution in [0.3, 0.4) is 0 Å². The largest absolute Gasteiger partial charge is 0.383 e. The minimum atomic E-state index is -0.124. The number of benzene rings is 1. The summed E-state index contributed by atoms with van der Waals surface area (Å²) in [5, 5.41) is 3.36. The van der Waals surface area contributed by atoms with Gasteiger partial charge in [0.05, 0.1) is 0 Å². The highest BCUT2D eigenvalue weighted by molar-refractivity contribution is 5.40. The van der Waals surface area contributed by atoms with E-state index in [0.717, 1.165) is 23.2 Å². The zero-order valence-electron chi connectivity index (χ0n) is 22.1. The van der Waals surface area contributed by atoms with Gasteiger partial charge in [-0.15, -0.1) is 12.3 Å². The molecule has 0 spiro atoms. The lowest BCUT2D eigenvalue weighted by Crippen LogP contribution is -2.25. The van der Waals surface area contributed by atoms with Crippen LogP contribution in [0.25, 0.3) is 0 Å². The number of hydrogen-bond donors (Lipinski definition) is 1. The number of rotatable bonds is 7. The topological polar surface area (TPSA) is 12.0 Å². The minimum absolute atomic E-state index is 0.124. The molecule has 0 saturated carbocycles. The molecule has 0 radical (unpaired) electrons. The molecular formula is C32H42FN. The van der Waals surface area contributed by atoms with E-state index in [1.165, 1.54) is 22.8 Å². The number of hydrogen-bond acceptors (Lipinski definition) is 1. The maximum absolute atomic E-state index is 12.5. The molecule has 1 aromatic rings. The molecule has 2 heteroatoms. The fraction of sp³-hybridized carbons (Fsp3) is 0.281. The van der Waals surface area contributed by atoms with E-state index in [2.05, 4.69) is 68.4 Å². The summed E-state index contributed by atoms with van der Waals surface area (Å²) in [6.07, 6.45) is 21.4. The van der Waals surface area contributed by atoms with Gasteiger partial charge in [-0.2, -0.15) is 0 Å². The highest BCUT2D eigenvalue weighted by Gasteiger charge is 2.07. The zero-order chi connectivity index (χ0) is 25.9. The van der Waals surface area contributed by atoms with Crippen LogP contribution in [0.5, 0.6) is 0 Å². The van der Waals surface area contributed by atoms with Crippen LogP contribution in [0.15, 0.2) is 120 Å². The molecule has 1 N–H and O–H groups in total. The van der Waals surface area contributed by atoms with Gasteiger partial charge in [-0.25, -0.2) is 4.39 Å². The lowest BCUT2D eigenvalue weighted by atomic mass is 10.0. The second kappa shape index (κ2) is 18.1. The summed E-state index contributed by atoms with van der Waals surface area (Å²) in [5.74, 6) is -0.124. The predicted molar refractivity (Wildman–Crippen MR) is 150 cm³/mol. The molecule has 182 valence electrons. The van der Waals surface area contributed by atoms with Gasteiger partial charge in [-0.05, 0) is 95.9 Å². The summed E-state index contributed by atoms with van der Waals surface area (Å²) in [6, 6.07) is 5.33. The maximum Gasteiger partial charge on any atom is 0.126 e. The summed E-state index contributed by atoms with van der Waals surface area (Å²) in [6.45, 7) is 21.2. The van der Waals surface area contributed by atoms with Crippen molar-refractivity contribution >= 4 is 0 Å². The molecule has 1 atom stereocenters. The molecule has 0 saturated heterocycles. The van der Waals surface area contributed by atoms with Gasteiger partial charge in [0.25, 0.3) is 0 Å². The summed E-state index contributed by atoms with van der Waals surface area (Å²) in [4.78, 5) is 0. The normalized spacial score (nSPS) is 13.7. The van der Waals surface area contributed by atoms with Crippen molar-refractivity contribution in [2.24, 2.45) is 0 Å². The van der Waals surface area contributed by atoms with Gasteiger partial charge in [0.2, 0.25) is 0 Å². The number of aryl methyl sites for hydroxylation is 2. The summed E-state index contributed by atoms with van der Waals surface area (Å²) in [5.41, 5.74) is 9.86. The standard InChI is InChI=1S/C21H27N.C8H9F.C3H6/c1-6-7-8-9-12-18(4)15-20-13-10-11-14-21(16-20)19(5)22-17(2)3;1-6-3-4-8(9)7(2)5-6;1-3-2/h6-9,11-14,16,19,22H,2,15H2,1,3-5H3;3-5H,1-2H3;3H,1H2,2H3/b7-6-,9-8-,18-12+;;. The van der Waals surface area contributed by atoms with E-state index in [0.29, 0.717) is 0 Å². The molecule has 0 fully saturated rings. The van der Waals surface area contributed by atoms with Crippen molar-refractivity contribution in [2.45, 2.75) is 60.9 Å². The van der Waals surface area contributed by atoms with Gasteiger partial charge in [0, 0.05) is 11.7 Å². The quantitative estimate of drug-likeness (QED) is 0.243. The first-order valence-corrected chi connectivity index (χ1v) is 11.6. The SMILES string of the molecule is C=C(C)NC(C)C1=CC=C=CC(C/C(C)=C/C=C\C=C/C)=C1.C=CC.Cc1ccc(F)c(C)c1. The van der Waals surface area contributed by atoms with Gasteiger partial charge in [-0.1, -0.05) is 72.4 Å². The molecular weight excluding hydrogens is 417 g/mol. The Morgan fingerprint density at radius 2 is 1.82 bits per heavy atom. The summed E-state index contributed by atoms with van der Waals surface area (Å²) < 4.78 is 12.5. The molecule has 1 aliphatic rings. The molecule has 1 aliphatic carbocycles. The Balaban J connectivity index is 0.000000745. The first-order chi connectivity index (χ1) is 16.1. The molecule has 1 aromatic carbocycles. The maximum atomic E-state index is 12.5. The summed E-state index contributed by atoms with van der Waals surface area (Å²) in [7, 11) is 0. The Labute approximate surface area is 207 Å². The lowest BCUT2D eigenvalue weighted by molar-refractivity contribution is 0.618. The van der Waals surface area contributed by atoms with Crippen molar-refractivity contribution in [1.82, 2.24) is 5.32 Å². The summed E-state index contributed by atoms with van der Waals surface area (Å²) >= 11 is 0. The van der Waals surface area contributed by atoms with E-state index in [1.807, 2.05) is 58.1 Å². The van der Waals surface area contributed by atoms with Crippen LogP contribution < -0.4 is 5.32 Å². The Morgan fingerprint density at radius 3 is 2.38 bits per heavy atom. The average molecular weight is 460 g/mol. The number of allylic oxidation sites excluding steroid dienone is 11. The van der Waals surface area contributed by atoms with E-state index < -0.39 is 0 Å². The van der Waals surface area contributed by atoms with Gasteiger partial charge in [0.1, 0.15) is 5.82 Å². The van der Waals surface area contributed by atoms with Gasteiger partial charge in [-0.3, -0.25) is 0 Å². The van der Waals surface area contributed by atoms with Crippen molar-refractivity contribution in [1.29, 1.82) is 0 Å². The Bertz CT molecular complexity index is 1010. The first kappa shape index (κ1) is 30.7. The molecule has 0 aromatic heterocycles. The molecule has 0 amide bonds. The molecule has 2 rings (SSSR count). The van der Waals surface area contributed by atoms with E-state index in [-0.39, 0.29) is 11.9 Å². The molecule has 0 bridgehead atoms. The lowest BCUT2D eigenvalue weighted by Gasteiger charge is -2.16. The smallest absolute Gasteiger partial charge is 0.126 e. The van der Waals surface area contributed by atoms with Gasteiger partial charge < -0.3 is 5.32 Å². The number of nitrogens with one attached hydrogen (secondary N) is 1. The Kier molecular flexibility index (Phi) is 16.3. The third kappa shape index (κ3) is 14.7. The molecule has 1 nitrogen and oxygen atoms in total. The van der Waals surface area contributed by atoms with Gasteiger partial charge >= 0.3 is 0 Å². The fourth-order valence-corrected chi connectivity index (χ4v) is 3.00. The highest BCUT2D eigenvalue weighted by Crippen LogP contribution is 2.18. The first-order valence-electron chi connectivity index (χ1n) is 11.6. The van der Waals surface area contributed by atoms with Crippen LogP contribution in [0, 0.1) is 19.7 Å². The second-order valence-electron chi connectivity index (χ2n) is 8.27. The van der Waals surface area contributed by atoms with Crippen LogP contribution in [0.1, 0.15) is 52.2 Å². The third-order valence-corrected chi connectivity index (χ3v) is 4.55. The zero-order valence-corrected chi connectivity index (χ0v) is 22.1. The Hall–Kier alpha value is -3.35. The third-order valence-electron chi connectivity index (χ3n) is 4.55. The van der Waals surface area contributed by atoms with Crippen LogP contribution in [-0.2, 0) is 0 Å². The molecule has 34 heavy (non-hydrogen) atoms. The fourth-order valence-electron chi connectivity index (χ4n) is 3.00. The van der Waals surface area contributed by atoms with Crippen molar-refractivity contribution < 1.29 is 4.39 Å². The van der Waals surface area contributed by atoms with Crippen molar-refractivity contribution in [3.05, 3.63) is 137 Å². The van der Waals surface area contributed by atoms with Crippen LogP contribution in [0.4, 0.5) is 4.39 Å². The van der Waals surface area contributed by atoms with Crippen LogP contribution >= 0.6 is 0 Å². The van der Waals surface area contributed by atoms with Crippen LogP contribution in [0.2, 0.25) is 0 Å². The van der Waals surface area contributed by atoms with Gasteiger partial charge in [0.15, 0.2) is 0 Å². The predicted octanol–water partition coefficient (Wildman–Crippen LogP) is 9.18. The second-order valence-corrected chi connectivity index (χ2v) is 8.27. The van der Waals surface area contributed by atoms with Crippen LogP contribution in [-0.4, -0.2) is 6.04 Å². The monoisotopic (exact) mass is 459 g/mol. The minimum Gasteiger partial charge on any atom is -0.383 e. The van der Waals surface area contributed by atoms with E-state index in [4.69, 9.17) is 0 Å².